The van der Waals surface area contributed by atoms with Crippen LogP contribution in [0.25, 0.3) is 0 Å². The lowest BCUT2D eigenvalue weighted by molar-refractivity contribution is -0.174. The number of nitrogens with two attached hydrogens (primary N) is 1. The normalized spacial score (nSPS) is 12.5. The monoisotopic (exact) mass is 361 g/mol. The molecule has 8 heteroatoms. The van der Waals surface area contributed by atoms with Gasteiger partial charge in [0.25, 0.3) is 0 Å². The molecule has 1 rings (SSSR count). The van der Waals surface area contributed by atoms with E-state index in [0.29, 0.717) is 0 Å². The molecule has 2 N–H and O–H groups in total. The Balaban J connectivity index is 0.00000324. The Morgan fingerprint density at radius 1 is 1.53 bits per heavy atom. The number of carbonyl (C=O) groups excluding carboxylic acids is 1. The largest absolute Gasteiger partial charge is 0.462 e. The minimum atomic E-state index is -3.92. The van der Waals surface area contributed by atoms with Crippen molar-refractivity contribution in [1.82, 2.24) is 0 Å². The maximum Gasteiger partial charge on any atom is 0.379 e. The summed E-state index contributed by atoms with van der Waals surface area (Å²) in [6, 6.07) is 1.19. The molecule has 19 heavy (non-hydrogen) atoms. The van der Waals surface area contributed by atoms with E-state index in [-0.39, 0.29) is 29.1 Å². The van der Waals surface area contributed by atoms with Crippen LogP contribution in [0.4, 0.5) is 13.2 Å². The zero-order valence-electron chi connectivity index (χ0n) is 9.83. The fraction of sp³-hybridized carbons (Fsp3) is 0.364. The topological polar surface area (TPSA) is 52.3 Å². The summed E-state index contributed by atoms with van der Waals surface area (Å²) in [5.41, 5.74) is 5.13. The Bertz CT molecular complexity index is 460. The number of ether oxygens (including phenoxy) is 1. The van der Waals surface area contributed by atoms with Gasteiger partial charge < -0.3 is 10.5 Å². The first-order valence-electron chi connectivity index (χ1n) is 5.06. The molecule has 1 atom stereocenters. The molecule has 1 aromatic rings. The van der Waals surface area contributed by atoms with Crippen molar-refractivity contribution in [3.05, 3.63) is 34.1 Å². The number of alkyl halides is 2. The van der Waals surface area contributed by atoms with Gasteiger partial charge in [0.2, 0.25) is 0 Å². The van der Waals surface area contributed by atoms with E-state index in [1.165, 1.54) is 13.0 Å². The molecule has 0 aromatic heterocycles. The van der Waals surface area contributed by atoms with E-state index in [4.69, 9.17) is 5.73 Å². The highest BCUT2D eigenvalue weighted by Gasteiger charge is 2.48. The average Bonchev–Trinajstić information content (AvgIpc) is 2.31. The smallest absolute Gasteiger partial charge is 0.379 e. The van der Waals surface area contributed by atoms with Gasteiger partial charge >= 0.3 is 11.9 Å². The van der Waals surface area contributed by atoms with Gasteiger partial charge in [0, 0.05) is 4.47 Å². The lowest BCUT2D eigenvalue weighted by Crippen LogP contribution is -2.42. The summed E-state index contributed by atoms with van der Waals surface area (Å²) in [6.45, 7) is 1.21. The highest BCUT2D eigenvalue weighted by atomic mass is 79.9. The Morgan fingerprint density at radius 3 is 2.63 bits per heavy atom. The molecule has 0 heterocycles. The number of esters is 1. The molecule has 0 saturated carbocycles. The molecular weight excluding hydrogens is 350 g/mol. The summed E-state index contributed by atoms with van der Waals surface area (Å²) >= 11 is 2.98. The lowest BCUT2D eigenvalue weighted by atomic mass is 10.0. The van der Waals surface area contributed by atoms with Gasteiger partial charge in [0.1, 0.15) is 11.9 Å². The standard InChI is InChI=1S/C11H11BrF3NO2.ClH/c1-2-18-10(17)11(14,15)9(16)7-5-6(13)3-4-8(7)12;/h3-5,9H,2,16H2,1H3;1H/t9-;/m0./s1. The molecule has 0 saturated heterocycles. The van der Waals surface area contributed by atoms with Gasteiger partial charge in [-0.3, -0.25) is 0 Å². The summed E-state index contributed by atoms with van der Waals surface area (Å²) in [6.07, 6.45) is 0. The van der Waals surface area contributed by atoms with Crippen LogP contribution in [0.3, 0.4) is 0 Å². The Kier molecular flexibility index (Phi) is 6.82. The third-order valence-electron chi connectivity index (χ3n) is 2.23. The molecule has 0 spiro atoms. The highest BCUT2D eigenvalue weighted by Crippen LogP contribution is 2.34. The van der Waals surface area contributed by atoms with Crippen LogP contribution >= 0.6 is 28.3 Å². The number of hydrogen-bond donors (Lipinski definition) is 1. The van der Waals surface area contributed by atoms with Crippen LogP contribution in [0.2, 0.25) is 0 Å². The Morgan fingerprint density at radius 2 is 2.11 bits per heavy atom. The minimum Gasteiger partial charge on any atom is -0.462 e. The lowest BCUT2D eigenvalue weighted by Gasteiger charge is -2.22. The van der Waals surface area contributed by atoms with Crippen LogP contribution in [0, 0.1) is 5.82 Å². The van der Waals surface area contributed by atoms with Crippen molar-refractivity contribution in [1.29, 1.82) is 0 Å². The predicted molar refractivity (Wildman–Crippen MR) is 69.9 cm³/mol. The molecule has 0 aliphatic rings. The van der Waals surface area contributed by atoms with E-state index in [9.17, 15) is 18.0 Å². The highest BCUT2D eigenvalue weighted by molar-refractivity contribution is 9.10. The first-order valence-corrected chi connectivity index (χ1v) is 5.85. The van der Waals surface area contributed by atoms with Crippen molar-refractivity contribution in [3.8, 4) is 0 Å². The second-order valence-corrected chi connectivity index (χ2v) is 4.34. The molecule has 0 bridgehead atoms. The van der Waals surface area contributed by atoms with Crippen molar-refractivity contribution >= 4 is 34.3 Å². The van der Waals surface area contributed by atoms with Gasteiger partial charge in [-0.1, -0.05) is 15.9 Å². The first-order chi connectivity index (χ1) is 8.30. The molecule has 0 radical (unpaired) electrons. The molecule has 108 valence electrons. The summed E-state index contributed by atoms with van der Waals surface area (Å²) in [5, 5.41) is 0. The van der Waals surface area contributed by atoms with Gasteiger partial charge in [0.15, 0.2) is 0 Å². The predicted octanol–water partition coefficient (Wildman–Crippen LogP) is 3.21. The molecule has 0 aliphatic heterocycles. The number of carbonyl (C=O) groups is 1. The second kappa shape index (κ2) is 7.12. The van der Waals surface area contributed by atoms with Crippen molar-refractivity contribution in [2.75, 3.05) is 6.61 Å². The molecule has 3 nitrogen and oxygen atoms in total. The van der Waals surface area contributed by atoms with Crippen molar-refractivity contribution < 1.29 is 22.7 Å². The summed E-state index contributed by atoms with van der Waals surface area (Å²) in [7, 11) is 0. The summed E-state index contributed by atoms with van der Waals surface area (Å²) in [5.74, 6) is -6.37. The Labute approximate surface area is 122 Å². The third-order valence-corrected chi connectivity index (χ3v) is 2.95. The van der Waals surface area contributed by atoms with Gasteiger partial charge in [0.05, 0.1) is 6.61 Å². The molecule has 0 aliphatic carbocycles. The van der Waals surface area contributed by atoms with Gasteiger partial charge in [-0.05, 0) is 30.7 Å². The van der Waals surface area contributed by atoms with E-state index < -0.39 is 23.8 Å². The maximum absolute atomic E-state index is 13.7. The van der Waals surface area contributed by atoms with Crippen molar-refractivity contribution in [3.63, 3.8) is 0 Å². The van der Waals surface area contributed by atoms with Crippen LogP contribution in [-0.4, -0.2) is 18.5 Å². The SMILES string of the molecule is CCOC(=O)C(F)(F)[C@@H](N)c1cc(F)ccc1Br.Cl. The van der Waals surface area contributed by atoms with Crippen LogP contribution in [0.15, 0.2) is 22.7 Å². The molecule has 0 amide bonds. The molecule has 1 aromatic carbocycles. The number of halogens is 5. The van der Waals surface area contributed by atoms with E-state index in [1.54, 1.807) is 0 Å². The first kappa shape index (κ1) is 18.2. The van der Waals surface area contributed by atoms with E-state index in [2.05, 4.69) is 20.7 Å². The summed E-state index contributed by atoms with van der Waals surface area (Å²) < 4.78 is 44.7. The fourth-order valence-electron chi connectivity index (χ4n) is 1.30. The number of rotatable bonds is 4. The number of hydrogen-bond acceptors (Lipinski definition) is 3. The zero-order valence-corrected chi connectivity index (χ0v) is 12.2. The van der Waals surface area contributed by atoms with Crippen LogP contribution < -0.4 is 5.73 Å². The molecule has 0 unspecified atom stereocenters. The van der Waals surface area contributed by atoms with Crippen LogP contribution in [0.1, 0.15) is 18.5 Å². The Hall–Kier alpha value is -0.790. The number of benzene rings is 1. The van der Waals surface area contributed by atoms with Crippen molar-refractivity contribution in [2.24, 2.45) is 5.73 Å². The van der Waals surface area contributed by atoms with E-state index in [0.717, 1.165) is 12.1 Å². The summed E-state index contributed by atoms with van der Waals surface area (Å²) in [4.78, 5) is 11.1. The van der Waals surface area contributed by atoms with Crippen molar-refractivity contribution in [2.45, 2.75) is 18.9 Å². The van der Waals surface area contributed by atoms with Crippen LogP contribution in [0.5, 0.6) is 0 Å². The van der Waals surface area contributed by atoms with E-state index in [1.807, 2.05) is 0 Å². The average molecular weight is 363 g/mol. The van der Waals surface area contributed by atoms with Gasteiger partial charge in [-0.15, -0.1) is 12.4 Å². The third kappa shape index (κ3) is 4.09. The molecular formula is C11H12BrClF3NO2. The maximum atomic E-state index is 13.7. The quantitative estimate of drug-likeness (QED) is 0.837. The molecule has 0 fully saturated rings. The van der Waals surface area contributed by atoms with E-state index >= 15 is 0 Å². The second-order valence-electron chi connectivity index (χ2n) is 3.49. The minimum absolute atomic E-state index is 0. The van der Waals surface area contributed by atoms with Gasteiger partial charge in [-0.2, -0.15) is 8.78 Å². The van der Waals surface area contributed by atoms with Crippen LogP contribution in [-0.2, 0) is 9.53 Å². The zero-order chi connectivity index (χ0) is 13.9. The van der Waals surface area contributed by atoms with Gasteiger partial charge in [-0.25, -0.2) is 9.18 Å². The fourth-order valence-corrected chi connectivity index (χ4v) is 1.80.